The minimum atomic E-state index is -5.17. The molecule has 1 fully saturated rings. The van der Waals surface area contributed by atoms with Gasteiger partial charge in [-0.15, -0.1) is 0 Å². The van der Waals surface area contributed by atoms with Gasteiger partial charge in [0.15, 0.2) is 6.10 Å². The molecular weight excluding hydrogens is 843 g/mol. The van der Waals surface area contributed by atoms with Crippen LogP contribution in [-0.2, 0) is 32.7 Å². The molecule has 0 aliphatic heterocycles. The highest BCUT2D eigenvalue weighted by Gasteiger charge is 2.51. The molecule has 364 valence electrons. The molecule has 0 aromatic heterocycles. The monoisotopic (exact) mass is 923 g/mol. The maximum absolute atomic E-state index is 12.8. The number of aliphatic hydroxyl groups excluding tert-OH is 6. The zero-order valence-electron chi connectivity index (χ0n) is 38.1. The summed E-state index contributed by atoms with van der Waals surface area (Å²) in [7, 11) is -5.17. The lowest BCUT2D eigenvalue weighted by atomic mass is 9.85. The quantitative estimate of drug-likeness (QED) is 0.0104. The molecule has 0 radical (unpaired) electrons. The molecule has 1 aliphatic carbocycles. The van der Waals surface area contributed by atoms with E-state index in [0.717, 1.165) is 64.2 Å². The van der Waals surface area contributed by atoms with E-state index in [2.05, 4.69) is 74.6 Å². The zero-order valence-corrected chi connectivity index (χ0v) is 39.0. The van der Waals surface area contributed by atoms with E-state index < -0.39 is 81.8 Å². The van der Waals surface area contributed by atoms with Gasteiger partial charge in [0.25, 0.3) is 0 Å². The Morgan fingerprint density at radius 2 is 1.09 bits per heavy atom. The SMILES string of the molecule is CC/C=C\C/C=C\C/C=C\C/C=C\CCCCCCC(=O)OC[C@H](COP(=O)(O)OC1[C@H](O)[C@H](O)C(O)[C@H](O)[C@H]1O)OC(=O)CCC/C=C/C=C\C(O)C/C=C\C/C=C\CCCCC. The molecule has 0 saturated heterocycles. The van der Waals surface area contributed by atoms with Crippen LogP contribution in [0.3, 0.4) is 0 Å². The summed E-state index contributed by atoms with van der Waals surface area (Å²) < 4.78 is 33.4. The minimum Gasteiger partial charge on any atom is -0.462 e. The van der Waals surface area contributed by atoms with Gasteiger partial charge in [-0.25, -0.2) is 4.57 Å². The number of aliphatic hydroxyl groups is 6. The number of hydrogen-bond acceptors (Lipinski definition) is 13. The number of carbonyl (C=O) groups excluding carboxylic acids is 2. The topological polar surface area (TPSA) is 230 Å². The van der Waals surface area contributed by atoms with Crippen molar-refractivity contribution in [2.45, 2.75) is 185 Å². The molecule has 0 aromatic rings. The van der Waals surface area contributed by atoms with Crippen molar-refractivity contribution in [1.82, 2.24) is 0 Å². The molecule has 14 nitrogen and oxygen atoms in total. The van der Waals surface area contributed by atoms with E-state index in [1.165, 1.54) is 19.3 Å². The summed E-state index contributed by atoms with van der Waals surface area (Å²) in [5, 5.41) is 60.3. The number of allylic oxidation sites excluding steroid dienone is 14. The molecule has 64 heavy (non-hydrogen) atoms. The van der Waals surface area contributed by atoms with Crippen LogP contribution < -0.4 is 0 Å². The van der Waals surface area contributed by atoms with Gasteiger partial charge in [0.05, 0.1) is 12.7 Å². The van der Waals surface area contributed by atoms with Crippen LogP contribution in [0.1, 0.15) is 136 Å². The predicted octanol–water partition coefficient (Wildman–Crippen LogP) is 8.02. The summed E-state index contributed by atoms with van der Waals surface area (Å²) in [6.45, 7) is 2.99. The lowest BCUT2D eigenvalue weighted by Gasteiger charge is -2.41. The number of unbranched alkanes of at least 4 members (excludes halogenated alkanes) is 8. The molecule has 15 heteroatoms. The summed E-state index contributed by atoms with van der Waals surface area (Å²) in [6.07, 6.45) is 33.4. The average molecular weight is 923 g/mol. The van der Waals surface area contributed by atoms with E-state index in [4.69, 9.17) is 18.5 Å². The second-order valence-electron chi connectivity index (χ2n) is 15.7. The molecule has 0 heterocycles. The van der Waals surface area contributed by atoms with Gasteiger partial charge in [0.2, 0.25) is 0 Å². The molecule has 0 bridgehead atoms. The molecule has 1 rings (SSSR count). The maximum atomic E-state index is 12.8. The van der Waals surface area contributed by atoms with E-state index in [9.17, 15) is 49.7 Å². The first-order valence-corrected chi connectivity index (χ1v) is 24.6. The maximum Gasteiger partial charge on any atom is 0.472 e. The van der Waals surface area contributed by atoms with Gasteiger partial charge in [-0.05, 0) is 83.5 Å². The van der Waals surface area contributed by atoms with E-state index in [0.29, 0.717) is 25.7 Å². The third kappa shape index (κ3) is 30.0. The first-order valence-electron chi connectivity index (χ1n) is 23.1. The Morgan fingerprint density at radius 1 is 0.578 bits per heavy atom. The van der Waals surface area contributed by atoms with E-state index in [1.807, 2.05) is 18.2 Å². The molecule has 9 atom stereocenters. The van der Waals surface area contributed by atoms with Crippen LogP contribution in [0.5, 0.6) is 0 Å². The van der Waals surface area contributed by atoms with Crippen LogP contribution in [0.15, 0.2) is 97.2 Å². The van der Waals surface area contributed by atoms with E-state index >= 15 is 0 Å². The summed E-state index contributed by atoms with van der Waals surface area (Å²) in [6, 6.07) is 0. The molecule has 0 amide bonds. The van der Waals surface area contributed by atoms with Gasteiger partial charge < -0.3 is 45.0 Å². The second-order valence-corrected chi connectivity index (χ2v) is 17.1. The van der Waals surface area contributed by atoms with Crippen molar-refractivity contribution < 1.29 is 68.2 Å². The molecule has 7 N–H and O–H groups in total. The van der Waals surface area contributed by atoms with Gasteiger partial charge in [-0.1, -0.05) is 137 Å². The average Bonchev–Trinajstić information content (AvgIpc) is 3.27. The van der Waals surface area contributed by atoms with Gasteiger partial charge in [0, 0.05) is 12.8 Å². The lowest BCUT2D eigenvalue weighted by Crippen LogP contribution is -2.64. The van der Waals surface area contributed by atoms with Crippen molar-refractivity contribution in [1.29, 1.82) is 0 Å². The fourth-order valence-corrected chi connectivity index (χ4v) is 7.20. The first-order chi connectivity index (χ1) is 30.8. The van der Waals surface area contributed by atoms with Gasteiger partial charge in [-0.2, -0.15) is 0 Å². The Bertz CT molecular complexity index is 1500. The molecule has 0 spiro atoms. The lowest BCUT2D eigenvalue weighted by molar-refractivity contribution is -0.220. The van der Waals surface area contributed by atoms with Crippen molar-refractivity contribution in [2.24, 2.45) is 0 Å². The molecular formula is C49H79O14P. The van der Waals surface area contributed by atoms with Crippen molar-refractivity contribution in [2.75, 3.05) is 13.2 Å². The zero-order chi connectivity index (χ0) is 47.3. The smallest absolute Gasteiger partial charge is 0.462 e. The fourth-order valence-electron chi connectivity index (χ4n) is 6.23. The summed E-state index contributed by atoms with van der Waals surface area (Å²) in [5.74, 6) is -1.27. The van der Waals surface area contributed by atoms with Crippen LogP contribution in [0.4, 0.5) is 0 Å². The Kier molecular flexibility index (Phi) is 34.8. The highest BCUT2D eigenvalue weighted by Crippen LogP contribution is 2.47. The van der Waals surface area contributed by atoms with Crippen molar-refractivity contribution in [3.63, 3.8) is 0 Å². The first kappa shape index (κ1) is 58.7. The Morgan fingerprint density at radius 3 is 1.70 bits per heavy atom. The number of phosphoric acid groups is 1. The van der Waals surface area contributed by atoms with Crippen LogP contribution in [0.2, 0.25) is 0 Å². The number of phosphoric ester groups is 1. The number of esters is 2. The van der Waals surface area contributed by atoms with Crippen LogP contribution in [0.25, 0.3) is 0 Å². The highest BCUT2D eigenvalue weighted by molar-refractivity contribution is 7.47. The number of carbonyl (C=O) groups is 2. The van der Waals surface area contributed by atoms with E-state index in [1.54, 1.807) is 18.2 Å². The standard InChI is InChI=1S/C49H79O14P/c1-3-5-7-9-11-13-14-15-16-17-18-19-20-22-24-28-32-36-42(51)60-38-41(39-61-64(58,59)63-49-47(56)45(54)44(53)46(55)48(49)57)62-43(52)37-33-29-25-27-31-35-40(50)34-30-26-23-21-12-10-8-6-4-2/h5,7,11-13,15-16,18-19,21,25-27,30-31,35,40-41,44-50,53-57H,3-4,6,8-10,14,17,20,22-24,28-29,32-34,36-39H2,1-2H3,(H,58,59)/b7-5-,13-11-,16-15-,19-18-,21-12-,27-25+,30-26-,35-31-/t40?,41-,44?,45-,46+,47-,48-,49?/m1/s1. The molecule has 1 saturated carbocycles. The summed E-state index contributed by atoms with van der Waals surface area (Å²) >= 11 is 0. The number of hydrogen-bond donors (Lipinski definition) is 7. The summed E-state index contributed by atoms with van der Waals surface area (Å²) in [5.41, 5.74) is 0. The molecule has 4 unspecified atom stereocenters. The highest BCUT2D eigenvalue weighted by atomic mass is 31.2. The minimum absolute atomic E-state index is 0.0499. The second kappa shape index (κ2) is 37.9. The predicted molar refractivity (Wildman–Crippen MR) is 250 cm³/mol. The van der Waals surface area contributed by atoms with Crippen molar-refractivity contribution in [3.05, 3.63) is 97.2 Å². The van der Waals surface area contributed by atoms with Gasteiger partial charge >= 0.3 is 19.8 Å². The fraction of sp³-hybridized carbons (Fsp3) is 0.633. The number of ether oxygens (including phenoxy) is 2. The number of rotatable bonds is 36. The third-order valence-corrected chi connectivity index (χ3v) is 11.0. The normalized spacial score (nSPS) is 23.0. The van der Waals surface area contributed by atoms with Crippen LogP contribution >= 0.6 is 7.82 Å². The van der Waals surface area contributed by atoms with Gasteiger partial charge in [0.1, 0.15) is 43.2 Å². The molecule has 0 aromatic carbocycles. The van der Waals surface area contributed by atoms with Crippen LogP contribution in [0, 0.1) is 0 Å². The Hall–Kier alpha value is -3.27. The van der Waals surface area contributed by atoms with Crippen LogP contribution in [-0.4, -0.2) is 110 Å². The Labute approximate surface area is 382 Å². The third-order valence-electron chi connectivity index (χ3n) is 9.99. The van der Waals surface area contributed by atoms with E-state index in [-0.39, 0.29) is 12.8 Å². The van der Waals surface area contributed by atoms with Gasteiger partial charge in [-0.3, -0.25) is 18.6 Å². The van der Waals surface area contributed by atoms with Crippen molar-refractivity contribution in [3.8, 4) is 0 Å². The largest absolute Gasteiger partial charge is 0.472 e. The summed E-state index contributed by atoms with van der Waals surface area (Å²) in [4.78, 5) is 35.7. The van der Waals surface area contributed by atoms with Crippen molar-refractivity contribution >= 4 is 19.8 Å². The Balaban J connectivity index is 2.57. The molecule has 1 aliphatic rings.